The van der Waals surface area contributed by atoms with Crippen molar-refractivity contribution in [3.05, 3.63) is 23.9 Å². The summed E-state index contributed by atoms with van der Waals surface area (Å²) in [5, 5.41) is 12.4. The van der Waals surface area contributed by atoms with E-state index in [9.17, 15) is 9.90 Å². The van der Waals surface area contributed by atoms with Crippen molar-refractivity contribution in [2.45, 2.75) is 44.1 Å². The monoisotopic (exact) mass is 332 g/mol. The van der Waals surface area contributed by atoms with E-state index in [4.69, 9.17) is 0 Å². The molecule has 1 amide bonds. The summed E-state index contributed by atoms with van der Waals surface area (Å²) >= 11 is 0. The molecule has 1 atom stereocenters. The van der Waals surface area contributed by atoms with Gasteiger partial charge in [-0.2, -0.15) is 0 Å². The quantitative estimate of drug-likeness (QED) is 0.891. The minimum atomic E-state index is -0.773. The minimum absolute atomic E-state index is 0.535. The number of aromatic nitrogens is 1. The van der Waals surface area contributed by atoms with Crippen LogP contribution in [0.3, 0.4) is 0 Å². The van der Waals surface area contributed by atoms with E-state index in [0.717, 1.165) is 51.0 Å². The van der Waals surface area contributed by atoms with E-state index in [1.807, 2.05) is 19.3 Å². The Morgan fingerprint density at radius 1 is 1.21 bits per heavy atom. The van der Waals surface area contributed by atoms with Crippen LogP contribution in [0.4, 0.5) is 10.6 Å². The van der Waals surface area contributed by atoms with E-state index in [2.05, 4.69) is 21.3 Å². The first-order chi connectivity index (χ1) is 11.7. The number of carboxylic acid groups (broad SMARTS) is 1. The molecule has 2 N–H and O–H groups in total. The van der Waals surface area contributed by atoms with Gasteiger partial charge in [0.05, 0.1) is 0 Å². The Morgan fingerprint density at radius 2 is 2.00 bits per heavy atom. The predicted octanol–water partition coefficient (Wildman–Crippen LogP) is 2.84. The lowest BCUT2D eigenvalue weighted by Crippen LogP contribution is -2.41. The molecule has 2 fully saturated rings. The highest BCUT2D eigenvalue weighted by atomic mass is 16.4. The van der Waals surface area contributed by atoms with Gasteiger partial charge in [-0.15, -0.1) is 0 Å². The molecule has 132 valence electrons. The molecule has 2 aliphatic rings. The fourth-order valence-corrected chi connectivity index (χ4v) is 4.17. The molecule has 0 aromatic carbocycles. The third-order valence-electron chi connectivity index (χ3n) is 5.53. The van der Waals surface area contributed by atoms with E-state index in [1.165, 1.54) is 5.56 Å². The molecule has 0 radical (unpaired) electrons. The molecule has 1 unspecified atom stereocenters. The SMILES string of the molecule is CNc1ncccc1C1CCN(C2CCCN(C(=O)O)CC2)CC1. The number of hydrogen-bond donors (Lipinski definition) is 2. The maximum Gasteiger partial charge on any atom is 0.407 e. The molecule has 0 spiro atoms. The second-order valence-electron chi connectivity index (χ2n) is 6.86. The van der Waals surface area contributed by atoms with Crippen LogP contribution in [0.25, 0.3) is 0 Å². The molecular weight excluding hydrogens is 304 g/mol. The number of pyridine rings is 1. The van der Waals surface area contributed by atoms with Crippen molar-refractivity contribution in [2.24, 2.45) is 0 Å². The highest BCUT2D eigenvalue weighted by molar-refractivity contribution is 5.64. The Hall–Kier alpha value is -1.82. The first-order valence-electron chi connectivity index (χ1n) is 9.03. The molecule has 1 aromatic heterocycles. The molecule has 2 saturated heterocycles. The average molecular weight is 332 g/mol. The van der Waals surface area contributed by atoms with Crippen molar-refractivity contribution in [2.75, 3.05) is 38.5 Å². The number of nitrogens with one attached hydrogen (secondary N) is 1. The molecule has 3 heterocycles. The second-order valence-corrected chi connectivity index (χ2v) is 6.86. The van der Waals surface area contributed by atoms with Crippen LogP contribution in [-0.2, 0) is 0 Å². The Labute approximate surface area is 143 Å². The Balaban J connectivity index is 1.56. The topological polar surface area (TPSA) is 68.7 Å². The fourth-order valence-electron chi connectivity index (χ4n) is 4.17. The molecule has 1 aromatic rings. The third kappa shape index (κ3) is 3.80. The van der Waals surface area contributed by atoms with Gasteiger partial charge in [-0.3, -0.25) is 0 Å². The van der Waals surface area contributed by atoms with Gasteiger partial charge in [-0.1, -0.05) is 6.07 Å². The van der Waals surface area contributed by atoms with Gasteiger partial charge < -0.3 is 20.2 Å². The number of rotatable bonds is 3. The third-order valence-corrected chi connectivity index (χ3v) is 5.53. The van der Waals surface area contributed by atoms with Crippen molar-refractivity contribution in [3.63, 3.8) is 0 Å². The molecule has 0 bridgehead atoms. The average Bonchev–Trinajstić information content (AvgIpc) is 2.88. The van der Waals surface area contributed by atoms with Crippen LogP contribution in [0.1, 0.15) is 43.6 Å². The maximum absolute atomic E-state index is 11.2. The highest BCUT2D eigenvalue weighted by Gasteiger charge is 2.29. The van der Waals surface area contributed by atoms with E-state index in [-0.39, 0.29) is 0 Å². The minimum Gasteiger partial charge on any atom is -0.465 e. The van der Waals surface area contributed by atoms with E-state index in [0.29, 0.717) is 25.0 Å². The van der Waals surface area contributed by atoms with Crippen molar-refractivity contribution in [1.29, 1.82) is 0 Å². The van der Waals surface area contributed by atoms with Gasteiger partial charge in [0.15, 0.2) is 0 Å². The van der Waals surface area contributed by atoms with E-state index in [1.54, 1.807) is 4.90 Å². The maximum atomic E-state index is 11.2. The van der Waals surface area contributed by atoms with E-state index < -0.39 is 6.09 Å². The molecule has 0 saturated carbocycles. The lowest BCUT2D eigenvalue weighted by molar-refractivity contribution is 0.131. The normalized spacial score (nSPS) is 23.7. The molecule has 2 aliphatic heterocycles. The Kier molecular flexibility index (Phi) is 5.56. The van der Waals surface area contributed by atoms with Crippen molar-refractivity contribution < 1.29 is 9.90 Å². The first-order valence-corrected chi connectivity index (χ1v) is 9.03. The van der Waals surface area contributed by atoms with Gasteiger partial charge in [0, 0.05) is 32.4 Å². The highest BCUT2D eigenvalue weighted by Crippen LogP contribution is 2.33. The van der Waals surface area contributed by atoms with Crippen molar-refractivity contribution >= 4 is 11.9 Å². The summed E-state index contributed by atoms with van der Waals surface area (Å²) in [4.78, 5) is 19.7. The summed E-state index contributed by atoms with van der Waals surface area (Å²) < 4.78 is 0. The summed E-state index contributed by atoms with van der Waals surface area (Å²) in [7, 11) is 1.93. The molecule has 6 nitrogen and oxygen atoms in total. The van der Waals surface area contributed by atoms with Gasteiger partial charge in [-0.25, -0.2) is 9.78 Å². The summed E-state index contributed by atoms with van der Waals surface area (Å²) in [6, 6.07) is 4.75. The Morgan fingerprint density at radius 3 is 2.71 bits per heavy atom. The van der Waals surface area contributed by atoms with Gasteiger partial charge in [0.2, 0.25) is 0 Å². The van der Waals surface area contributed by atoms with Crippen LogP contribution in [0.2, 0.25) is 0 Å². The van der Waals surface area contributed by atoms with Crippen LogP contribution in [-0.4, -0.2) is 65.3 Å². The van der Waals surface area contributed by atoms with Gasteiger partial charge >= 0.3 is 6.09 Å². The predicted molar refractivity (Wildman–Crippen MR) is 94.6 cm³/mol. The van der Waals surface area contributed by atoms with Crippen LogP contribution in [0.15, 0.2) is 18.3 Å². The van der Waals surface area contributed by atoms with Crippen LogP contribution in [0.5, 0.6) is 0 Å². The van der Waals surface area contributed by atoms with E-state index >= 15 is 0 Å². The molecule has 3 rings (SSSR count). The number of nitrogens with zero attached hydrogens (tertiary/aromatic N) is 3. The van der Waals surface area contributed by atoms with Crippen LogP contribution < -0.4 is 5.32 Å². The van der Waals surface area contributed by atoms with Crippen LogP contribution in [0, 0.1) is 0 Å². The zero-order chi connectivity index (χ0) is 16.9. The number of hydrogen-bond acceptors (Lipinski definition) is 4. The fraction of sp³-hybridized carbons (Fsp3) is 0.667. The summed E-state index contributed by atoms with van der Waals surface area (Å²) in [6.07, 6.45) is 6.42. The smallest absolute Gasteiger partial charge is 0.407 e. The molecular formula is C18H28N4O2. The summed E-state index contributed by atoms with van der Waals surface area (Å²) in [5.41, 5.74) is 1.33. The summed E-state index contributed by atoms with van der Waals surface area (Å²) in [6.45, 7) is 3.55. The molecule has 24 heavy (non-hydrogen) atoms. The number of anilines is 1. The van der Waals surface area contributed by atoms with Gasteiger partial charge in [0.25, 0.3) is 0 Å². The van der Waals surface area contributed by atoms with Gasteiger partial charge in [0.1, 0.15) is 5.82 Å². The zero-order valence-corrected chi connectivity index (χ0v) is 14.4. The van der Waals surface area contributed by atoms with Crippen LogP contribution >= 0.6 is 0 Å². The largest absolute Gasteiger partial charge is 0.465 e. The zero-order valence-electron chi connectivity index (χ0n) is 14.4. The Bertz CT molecular complexity index is 558. The number of piperidine rings is 1. The summed E-state index contributed by atoms with van der Waals surface area (Å²) in [5.74, 6) is 1.57. The molecule has 0 aliphatic carbocycles. The van der Waals surface area contributed by atoms with Crippen molar-refractivity contribution in [3.8, 4) is 0 Å². The lowest BCUT2D eigenvalue weighted by atomic mass is 9.88. The van der Waals surface area contributed by atoms with Crippen molar-refractivity contribution in [1.82, 2.24) is 14.8 Å². The number of likely N-dealkylation sites (tertiary alicyclic amines) is 2. The number of carbonyl (C=O) groups is 1. The second kappa shape index (κ2) is 7.83. The number of amides is 1. The lowest BCUT2D eigenvalue weighted by Gasteiger charge is -2.37. The first kappa shape index (κ1) is 17.0. The van der Waals surface area contributed by atoms with Gasteiger partial charge in [-0.05, 0) is 62.7 Å². The molecule has 6 heteroatoms. The standard InChI is InChI=1S/C18H28N4O2/c1-19-17-16(5-2-9-20-17)14-6-11-21(12-7-14)15-4-3-10-22(13-8-15)18(23)24/h2,5,9,14-15H,3-4,6-8,10-13H2,1H3,(H,19,20)(H,23,24).